The molecule has 0 bridgehead atoms. The lowest BCUT2D eigenvalue weighted by Gasteiger charge is -2.25. The zero-order valence-corrected chi connectivity index (χ0v) is 23.8. The van der Waals surface area contributed by atoms with Gasteiger partial charge < -0.3 is 9.47 Å². The number of halogens is 3. The standard InChI is InChI=1S/C30H23Cl2FN2O4S/c1-3-23-25(29(37)38-2)26(19-9-5-4-6-10-19)35-28(36)24(40-30(35)34-23)15-18-13-21(31)27(22(32)14-18)39-16-17-8-7-11-20(33)12-17/h4-15,26H,3,16H2,1-2H3/b24-15-/t26-/m0/s1. The van der Waals surface area contributed by atoms with Crippen LogP contribution < -0.4 is 19.6 Å². The number of esters is 1. The number of carbonyl (C=O) groups is 1. The van der Waals surface area contributed by atoms with Crippen LogP contribution >= 0.6 is 34.5 Å². The van der Waals surface area contributed by atoms with Crippen molar-refractivity contribution in [1.82, 2.24) is 4.57 Å². The zero-order chi connectivity index (χ0) is 28.4. The lowest BCUT2D eigenvalue weighted by atomic mass is 9.95. The van der Waals surface area contributed by atoms with Gasteiger partial charge in [0.2, 0.25) is 0 Å². The second kappa shape index (κ2) is 11.8. The number of hydrogen-bond acceptors (Lipinski definition) is 6. The van der Waals surface area contributed by atoms with Gasteiger partial charge in [-0.2, -0.15) is 0 Å². The van der Waals surface area contributed by atoms with Gasteiger partial charge in [-0.1, -0.05) is 83.9 Å². The molecule has 0 saturated heterocycles. The fraction of sp³-hybridized carbons (Fsp3) is 0.167. The third kappa shape index (κ3) is 5.47. The average Bonchev–Trinajstić information content (AvgIpc) is 3.25. The maximum Gasteiger partial charge on any atom is 0.338 e. The third-order valence-electron chi connectivity index (χ3n) is 6.36. The quantitative estimate of drug-likeness (QED) is 0.252. The van der Waals surface area contributed by atoms with E-state index in [0.29, 0.717) is 38.2 Å². The first kappa shape index (κ1) is 27.8. The number of benzene rings is 3. The lowest BCUT2D eigenvalue weighted by Crippen LogP contribution is -2.40. The zero-order valence-electron chi connectivity index (χ0n) is 21.5. The van der Waals surface area contributed by atoms with Crippen LogP contribution in [0.2, 0.25) is 10.0 Å². The Bertz CT molecular complexity index is 1790. The minimum absolute atomic E-state index is 0.0803. The van der Waals surface area contributed by atoms with Crippen molar-refractivity contribution in [2.75, 3.05) is 7.11 Å². The van der Waals surface area contributed by atoms with Crippen molar-refractivity contribution in [3.05, 3.63) is 130 Å². The second-order valence-electron chi connectivity index (χ2n) is 8.93. The molecule has 5 rings (SSSR count). The summed E-state index contributed by atoms with van der Waals surface area (Å²) in [6, 6.07) is 17.9. The van der Waals surface area contributed by atoms with Gasteiger partial charge in [0.15, 0.2) is 10.6 Å². The molecular formula is C30H23Cl2FN2O4S. The van der Waals surface area contributed by atoms with Crippen LogP contribution in [-0.2, 0) is 16.1 Å². The highest BCUT2D eigenvalue weighted by Crippen LogP contribution is 2.35. The maximum atomic E-state index is 13.8. The number of aromatic nitrogens is 1. The number of methoxy groups -OCH3 is 1. The highest BCUT2D eigenvalue weighted by atomic mass is 35.5. The number of hydrogen-bond donors (Lipinski definition) is 0. The van der Waals surface area contributed by atoms with Crippen molar-refractivity contribution in [2.45, 2.75) is 26.0 Å². The molecule has 3 aromatic carbocycles. The largest absolute Gasteiger partial charge is 0.486 e. The van der Waals surface area contributed by atoms with Gasteiger partial charge in [-0.05, 0) is 53.5 Å². The van der Waals surface area contributed by atoms with Gasteiger partial charge in [-0.25, -0.2) is 14.2 Å². The molecule has 0 radical (unpaired) electrons. The summed E-state index contributed by atoms with van der Waals surface area (Å²) in [6.45, 7) is 1.98. The SMILES string of the molecule is CCC1=C(C(=O)OC)[C@H](c2ccccc2)n2c(s/c(=C\c3cc(Cl)c(OCc4cccc(F)c4)c(Cl)c3)c2=O)=N1. The summed E-state index contributed by atoms with van der Waals surface area (Å²) in [7, 11) is 1.31. The number of allylic oxidation sites excluding steroid dienone is 1. The molecule has 2 heterocycles. The van der Waals surface area contributed by atoms with E-state index in [-0.39, 0.29) is 33.8 Å². The minimum Gasteiger partial charge on any atom is -0.486 e. The molecule has 0 saturated carbocycles. The molecule has 10 heteroatoms. The molecule has 0 aliphatic carbocycles. The molecular weight excluding hydrogens is 574 g/mol. The Hall–Kier alpha value is -3.72. The average molecular weight is 597 g/mol. The number of fused-ring (bicyclic) bond motifs is 1. The Morgan fingerprint density at radius 1 is 1.10 bits per heavy atom. The number of thiazole rings is 1. The van der Waals surface area contributed by atoms with E-state index in [0.717, 1.165) is 5.56 Å². The smallest absolute Gasteiger partial charge is 0.338 e. The molecule has 4 aromatic rings. The molecule has 0 fully saturated rings. The first-order valence-electron chi connectivity index (χ1n) is 12.3. The fourth-order valence-electron chi connectivity index (χ4n) is 4.55. The topological polar surface area (TPSA) is 69.9 Å². The highest BCUT2D eigenvalue weighted by molar-refractivity contribution is 7.07. The minimum atomic E-state index is -0.687. The molecule has 40 heavy (non-hydrogen) atoms. The predicted octanol–water partition coefficient (Wildman–Crippen LogP) is 5.82. The van der Waals surface area contributed by atoms with Crippen LogP contribution in [0, 0.1) is 5.82 Å². The van der Waals surface area contributed by atoms with Gasteiger partial charge in [0.05, 0.1) is 39.0 Å². The first-order chi connectivity index (χ1) is 19.3. The molecule has 1 atom stereocenters. The van der Waals surface area contributed by atoms with Gasteiger partial charge in [0.25, 0.3) is 5.56 Å². The van der Waals surface area contributed by atoms with Gasteiger partial charge in [0, 0.05) is 0 Å². The maximum absolute atomic E-state index is 13.8. The number of nitrogens with zero attached hydrogens (tertiary/aromatic N) is 2. The Morgan fingerprint density at radius 3 is 2.48 bits per heavy atom. The molecule has 1 aromatic heterocycles. The molecule has 1 aliphatic heterocycles. The highest BCUT2D eigenvalue weighted by Gasteiger charge is 2.33. The molecule has 1 aliphatic rings. The van der Waals surface area contributed by atoms with E-state index in [2.05, 4.69) is 4.99 Å². The molecule has 0 unspecified atom stereocenters. The van der Waals surface area contributed by atoms with Gasteiger partial charge >= 0.3 is 5.97 Å². The Balaban J connectivity index is 1.57. The third-order valence-corrected chi connectivity index (χ3v) is 7.90. The van der Waals surface area contributed by atoms with Crippen molar-refractivity contribution in [2.24, 2.45) is 4.99 Å². The van der Waals surface area contributed by atoms with Crippen molar-refractivity contribution in [3.8, 4) is 5.75 Å². The van der Waals surface area contributed by atoms with Crippen LogP contribution in [-0.4, -0.2) is 17.6 Å². The predicted molar refractivity (Wildman–Crippen MR) is 154 cm³/mol. The van der Waals surface area contributed by atoms with Gasteiger partial charge in [0.1, 0.15) is 12.4 Å². The Kier molecular flexibility index (Phi) is 8.21. The molecule has 0 spiro atoms. The summed E-state index contributed by atoms with van der Waals surface area (Å²) in [5, 5.41) is 0.484. The van der Waals surface area contributed by atoms with E-state index in [1.165, 1.54) is 35.1 Å². The van der Waals surface area contributed by atoms with Crippen LogP contribution in [0.1, 0.15) is 36.1 Å². The Morgan fingerprint density at radius 2 is 1.82 bits per heavy atom. The molecule has 6 nitrogen and oxygen atoms in total. The summed E-state index contributed by atoms with van der Waals surface area (Å²) in [4.78, 5) is 31.8. The summed E-state index contributed by atoms with van der Waals surface area (Å²) in [5.41, 5.74) is 2.57. The lowest BCUT2D eigenvalue weighted by molar-refractivity contribution is -0.136. The monoisotopic (exact) mass is 596 g/mol. The molecule has 204 valence electrons. The summed E-state index contributed by atoms with van der Waals surface area (Å²) >= 11 is 14.2. The summed E-state index contributed by atoms with van der Waals surface area (Å²) < 4.78 is 26.3. The van der Waals surface area contributed by atoms with Crippen LogP contribution in [0.15, 0.2) is 87.8 Å². The Labute approximate surface area is 243 Å². The van der Waals surface area contributed by atoms with E-state index >= 15 is 0 Å². The van der Waals surface area contributed by atoms with Crippen molar-refractivity contribution >= 4 is 46.6 Å². The first-order valence-corrected chi connectivity index (χ1v) is 13.9. The van der Waals surface area contributed by atoms with Crippen molar-refractivity contribution < 1.29 is 18.7 Å². The van der Waals surface area contributed by atoms with Gasteiger partial charge in [-0.15, -0.1) is 0 Å². The van der Waals surface area contributed by atoms with Crippen molar-refractivity contribution in [3.63, 3.8) is 0 Å². The van der Waals surface area contributed by atoms with E-state index < -0.39 is 12.0 Å². The number of carbonyl (C=O) groups excluding carboxylic acids is 1. The number of rotatable bonds is 7. The molecule has 0 amide bonds. The number of ether oxygens (including phenoxy) is 2. The van der Waals surface area contributed by atoms with E-state index in [9.17, 15) is 14.0 Å². The van der Waals surface area contributed by atoms with Gasteiger partial charge in [-0.3, -0.25) is 9.36 Å². The van der Waals surface area contributed by atoms with E-state index in [4.69, 9.17) is 32.7 Å². The van der Waals surface area contributed by atoms with Crippen LogP contribution in [0.4, 0.5) is 4.39 Å². The van der Waals surface area contributed by atoms with E-state index in [1.807, 2.05) is 37.3 Å². The summed E-state index contributed by atoms with van der Waals surface area (Å²) in [5.74, 6) is -0.643. The van der Waals surface area contributed by atoms with E-state index in [1.54, 1.807) is 30.3 Å². The van der Waals surface area contributed by atoms with Crippen molar-refractivity contribution in [1.29, 1.82) is 0 Å². The second-order valence-corrected chi connectivity index (χ2v) is 10.8. The fourth-order valence-corrected chi connectivity index (χ4v) is 6.18. The van der Waals surface area contributed by atoms with Crippen LogP contribution in [0.3, 0.4) is 0 Å². The molecule has 0 N–H and O–H groups in total. The van der Waals surface area contributed by atoms with Crippen LogP contribution in [0.5, 0.6) is 5.75 Å². The normalized spacial score (nSPS) is 15.0. The summed E-state index contributed by atoms with van der Waals surface area (Å²) in [6.07, 6.45) is 2.16. The van der Waals surface area contributed by atoms with Crippen LogP contribution in [0.25, 0.3) is 6.08 Å².